The highest BCUT2D eigenvalue weighted by atomic mass is 19.1. The number of aliphatic carboxylic acids is 1. The summed E-state index contributed by atoms with van der Waals surface area (Å²) < 4.78 is 25.9. The molecule has 0 spiro atoms. The van der Waals surface area contributed by atoms with Crippen LogP contribution in [0.1, 0.15) is 47.3 Å². The number of benzene rings is 3. The zero-order chi connectivity index (χ0) is 29.2. The number of nitrogen functional groups attached to an aromatic ring is 1. The first-order chi connectivity index (χ1) is 19.1. The smallest absolute Gasteiger partial charge is 0.303 e. The lowest BCUT2D eigenvalue weighted by molar-refractivity contribution is -0.136. The van der Waals surface area contributed by atoms with Gasteiger partial charge in [0.25, 0.3) is 5.91 Å². The van der Waals surface area contributed by atoms with E-state index >= 15 is 0 Å². The normalized spacial score (nSPS) is 10.7. The molecule has 0 saturated carbocycles. The lowest BCUT2D eigenvalue weighted by atomic mass is 10.00. The summed E-state index contributed by atoms with van der Waals surface area (Å²) in [5.74, 6) is -1.19. The van der Waals surface area contributed by atoms with Gasteiger partial charge in [-0.2, -0.15) is 0 Å². The summed E-state index contributed by atoms with van der Waals surface area (Å²) in [6.07, 6.45) is -0.0820. The summed E-state index contributed by atoms with van der Waals surface area (Å²) in [5.41, 5.74) is 13.8. The van der Waals surface area contributed by atoms with E-state index in [4.69, 9.17) is 26.4 Å². The number of halogens is 1. The molecule has 10 nitrogen and oxygen atoms in total. The first kappa shape index (κ1) is 29.9. The van der Waals surface area contributed by atoms with Crippen LogP contribution in [0, 0.1) is 11.2 Å². The number of amidine groups is 1. The van der Waals surface area contributed by atoms with Gasteiger partial charge in [-0.1, -0.05) is 0 Å². The van der Waals surface area contributed by atoms with Crippen molar-refractivity contribution in [3.63, 3.8) is 0 Å². The number of carboxylic acids is 1. The Morgan fingerprint density at radius 1 is 1.10 bits per heavy atom. The molecule has 0 saturated heterocycles. The van der Waals surface area contributed by atoms with Crippen molar-refractivity contribution in [1.29, 1.82) is 5.41 Å². The molecule has 0 aromatic heterocycles. The van der Waals surface area contributed by atoms with Crippen molar-refractivity contribution in [3.8, 4) is 11.5 Å². The van der Waals surface area contributed by atoms with Gasteiger partial charge in [0.15, 0.2) is 0 Å². The van der Waals surface area contributed by atoms with E-state index in [1.807, 2.05) is 13.8 Å². The second kappa shape index (κ2) is 13.9. The molecule has 0 bridgehead atoms. The summed E-state index contributed by atoms with van der Waals surface area (Å²) >= 11 is 0. The Morgan fingerprint density at radius 3 is 2.45 bits per heavy atom. The second-order valence-electron chi connectivity index (χ2n) is 9.25. The number of hydrogen-bond donors (Lipinski definition) is 6. The Morgan fingerprint density at radius 2 is 1.82 bits per heavy atom. The number of ether oxygens (including phenoxy) is 2. The summed E-state index contributed by atoms with van der Waals surface area (Å²) in [6.45, 7) is 4.48. The van der Waals surface area contributed by atoms with Crippen LogP contribution in [0.25, 0.3) is 0 Å². The molecule has 212 valence electrons. The van der Waals surface area contributed by atoms with Gasteiger partial charge in [0.1, 0.15) is 29.8 Å². The Hall–Kier alpha value is -4.64. The van der Waals surface area contributed by atoms with Crippen LogP contribution in [0.5, 0.6) is 11.5 Å². The number of carboxylic acid groups (broad SMARTS) is 1. The van der Waals surface area contributed by atoms with Gasteiger partial charge >= 0.3 is 5.97 Å². The van der Waals surface area contributed by atoms with Crippen molar-refractivity contribution >= 4 is 29.1 Å². The third-order valence-corrected chi connectivity index (χ3v) is 5.76. The van der Waals surface area contributed by atoms with Crippen LogP contribution in [0.4, 0.5) is 15.8 Å². The maximum Gasteiger partial charge on any atom is 0.303 e. The SMILES string of the molecule is CC(C)Oc1cc(OCCN)cc(CNc2ccc(F)cc2C(=O)Nc2ccc(C(=N)N)cc2)c1CCC(=O)O. The molecule has 0 aliphatic rings. The van der Waals surface area contributed by atoms with Crippen molar-refractivity contribution in [2.75, 3.05) is 23.8 Å². The molecule has 40 heavy (non-hydrogen) atoms. The molecule has 0 aliphatic carbocycles. The fourth-order valence-electron chi connectivity index (χ4n) is 3.95. The molecular formula is C29H34FN5O5. The van der Waals surface area contributed by atoms with Crippen LogP contribution in [-0.2, 0) is 17.8 Å². The standard InChI is InChI=1S/C29H34FN5O5/c1-17(2)40-26-15-22(39-12-11-31)13-19(23(26)8-10-27(36)37)16-34-25-9-5-20(30)14-24(25)29(38)35-21-6-3-18(4-7-21)28(32)33/h3-7,9,13-15,17,34H,8,10-12,16,31H2,1-2H3,(H3,32,33)(H,35,38)(H,36,37). The summed E-state index contributed by atoms with van der Waals surface area (Å²) in [4.78, 5) is 24.5. The van der Waals surface area contributed by atoms with Gasteiger partial charge in [-0.05, 0) is 79.9 Å². The summed E-state index contributed by atoms with van der Waals surface area (Å²) in [6, 6.07) is 13.7. The second-order valence-corrected chi connectivity index (χ2v) is 9.25. The minimum absolute atomic E-state index is 0.0666. The lowest BCUT2D eigenvalue weighted by Gasteiger charge is -2.20. The first-order valence-corrected chi connectivity index (χ1v) is 12.7. The number of nitrogens with two attached hydrogens (primary N) is 2. The van der Waals surface area contributed by atoms with Gasteiger partial charge < -0.3 is 36.7 Å². The number of nitrogens with one attached hydrogen (secondary N) is 3. The Bertz CT molecular complexity index is 1360. The van der Waals surface area contributed by atoms with Gasteiger partial charge in [-0.25, -0.2) is 4.39 Å². The number of anilines is 2. The van der Waals surface area contributed by atoms with E-state index in [-0.39, 0.29) is 43.5 Å². The minimum Gasteiger partial charge on any atom is -0.492 e. The number of hydrogen-bond acceptors (Lipinski definition) is 7. The maximum atomic E-state index is 14.2. The number of carbonyl (C=O) groups is 2. The topological polar surface area (TPSA) is 173 Å². The van der Waals surface area contributed by atoms with Crippen molar-refractivity contribution < 1.29 is 28.6 Å². The van der Waals surface area contributed by atoms with E-state index in [1.165, 1.54) is 12.1 Å². The summed E-state index contributed by atoms with van der Waals surface area (Å²) in [7, 11) is 0. The van der Waals surface area contributed by atoms with Crippen LogP contribution < -0.4 is 31.6 Å². The van der Waals surface area contributed by atoms with Crippen molar-refractivity contribution in [2.45, 2.75) is 39.3 Å². The number of rotatable bonds is 14. The molecule has 0 aliphatic heterocycles. The monoisotopic (exact) mass is 551 g/mol. The van der Waals surface area contributed by atoms with E-state index in [2.05, 4.69) is 10.6 Å². The molecular weight excluding hydrogens is 517 g/mol. The van der Waals surface area contributed by atoms with Crippen LogP contribution in [0.2, 0.25) is 0 Å². The quantitative estimate of drug-likeness (QED) is 0.128. The van der Waals surface area contributed by atoms with Crippen LogP contribution in [-0.4, -0.2) is 42.1 Å². The van der Waals surface area contributed by atoms with Gasteiger partial charge in [0.05, 0.1) is 11.7 Å². The molecule has 8 N–H and O–H groups in total. The van der Waals surface area contributed by atoms with E-state index in [0.717, 1.165) is 6.07 Å². The third-order valence-electron chi connectivity index (χ3n) is 5.76. The van der Waals surface area contributed by atoms with Crippen LogP contribution in [0.15, 0.2) is 54.6 Å². The average molecular weight is 552 g/mol. The highest BCUT2D eigenvalue weighted by Gasteiger charge is 2.18. The fraction of sp³-hybridized carbons (Fsp3) is 0.276. The van der Waals surface area contributed by atoms with Gasteiger partial charge in [-0.3, -0.25) is 15.0 Å². The maximum absolute atomic E-state index is 14.2. The minimum atomic E-state index is -0.952. The molecule has 0 radical (unpaired) electrons. The Kier molecular flexibility index (Phi) is 10.4. The van der Waals surface area contributed by atoms with Gasteiger partial charge in [0.2, 0.25) is 0 Å². The zero-order valence-corrected chi connectivity index (χ0v) is 22.4. The first-order valence-electron chi connectivity index (χ1n) is 12.7. The highest BCUT2D eigenvalue weighted by molar-refractivity contribution is 6.08. The lowest BCUT2D eigenvalue weighted by Crippen LogP contribution is -2.17. The molecule has 0 atom stereocenters. The third kappa shape index (κ3) is 8.43. The molecule has 11 heteroatoms. The molecule has 0 fully saturated rings. The molecule has 3 rings (SSSR count). The van der Waals surface area contributed by atoms with Crippen molar-refractivity contribution in [3.05, 3.63) is 82.7 Å². The largest absolute Gasteiger partial charge is 0.492 e. The molecule has 3 aromatic rings. The molecule has 0 heterocycles. The van der Waals surface area contributed by atoms with E-state index in [9.17, 15) is 19.1 Å². The van der Waals surface area contributed by atoms with Crippen molar-refractivity contribution in [1.82, 2.24) is 0 Å². The molecule has 1 amide bonds. The fourth-order valence-corrected chi connectivity index (χ4v) is 3.95. The predicted octanol–water partition coefficient (Wildman–Crippen LogP) is 4.12. The van der Waals surface area contributed by atoms with Gasteiger partial charge in [-0.15, -0.1) is 0 Å². The van der Waals surface area contributed by atoms with Gasteiger partial charge in [0, 0.05) is 42.5 Å². The van der Waals surface area contributed by atoms with Crippen molar-refractivity contribution in [2.24, 2.45) is 11.5 Å². The predicted molar refractivity (Wildman–Crippen MR) is 152 cm³/mol. The highest BCUT2D eigenvalue weighted by Crippen LogP contribution is 2.32. The summed E-state index contributed by atoms with van der Waals surface area (Å²) in [5, 5.41) is 22.7. The van der Waals surface area contributed by atoms with E-state index < -0.39 is 17.7 Å². The molecule has 0 unspecified atom stereocenters. The Labute approximate surface area is 232 Å². The van der Waals surface area contributed by atoms with Crippen LogP contribution >= 0.6 is 0 Å². The molecule has 3 aromatic carbocycles. The zero-order valence-electron chi connectivity index (χ0n) is 22.4. The van der Waals surface area contributed by atoms with E-state index in [0.29, 0.717) is 46.1 Å². The Balaban J connectivity index is 1.92. The number of carbonyl (C=O) groups excluding carboxylic acids is 1. The van der Waals surface area contributed by atoms with Crippen LogP contribution in [0.3, 0.4) is 0 Å². The number of amides is 1. The average Bonchev–Trinajstić information content (AvgIpc) is 2.90. The van der Waals surface area contributed by atoms with E-state index in [1.54, 1.807) is 36.4 Å².